The number of benzene rings is 1. The first kappa shape index (κ1) is 18.5. The van der Waals surface area contributed by atoms with Crippen LogP contribution in [0.4, 0.5) is 0 Å². The molecule has 1 aliphatic rings. The molecule has 1 atom stereocenters. The number of hydrogen-bond acceptors (Lipinski definition) is 3. The normalized spacial score (nSPS) is 17.8. The Balaban J connectivity index is 1.41. The minimum Gasteiger partial charge on any atom is -0.354 e. The lowest BCUT2D eigenvalue weighted by molar-refractivity contribution is -0.122. The summed E-state index contributed by atoms with van der Waals surface area (Å²) in [6.45, 7) is 2.18. The maximum atomic E-state index is 12.3. The molecule has 1 aromatic heterocycles. The number of likely N-dealkylation sites (tertiary alicyclic amines) is 1. The molecule has 1 amide bonds. The molecule has 0 bridgehead atoms. The third-order valence-corrected chi connectivity index (χ3v) is 6.08. The van der Waals surface area contributed by atoms with Crippen molar-refractivity contribution in [1.29, 1.82) is 0 Å². The molecule has 0 saturated carbocycles. The number of hydrogen-bond donors (Lipinski definition) is 1. The molecule has 134 valence electrons. The molecule has 1 N–H and O–H groups in total. The van der Waals surface area contributed by atoms with E-state index in [1.165, 1.54) is 10.6 Å². The molecule has 2 aromatic rings. The van der Waals surface area contributed by atoms with Crippen LogP contribution in [0.2, 0.25) is 0 Å². The first-order chi connectivity index (χ1) is 12.1. The average molecular weight is 422 g/mol. The van der Waals surface area contributed by atoms with Gasteiger partial charge in [-0.1, -0.05) is 15.9 Å². The lowest BCUT2D eigenvalue weighted by Crippen LogP contribution is -2.38. The molecule has 1 fully saturated rings. The highest BCUT2D eigenvalue weighted by Gasteiger charge is 2.28. The fourth-order valence-corrected chi connectivity index (χ4v) is 4.33. The first-order valence-corrected chi connectivity index (χ1v) is 10.4. The monoisotopic (exact) mass is 421 g/mol. The van der Waals surface area contributed by atoms with Crippen LogP contribution < -0.4 is 5.32 Å². The summed E-state index contributed by atoms with van der Waals surface area (Å²) in [5.41, 5.74) is 1.30. The van der Waals surface area contributed by atoms with E-state index >= 15 is 0 Å². The molecule has 4 nitrogen and oxygen atoms in total. The zero-order chi connectivity index (χ0) is 17.6. The van der Waals surface area contributed by atoms with Crippen LogP contribution >= 0.6 is 27.7 Å². The molecule has 0 spiro atoms. The van der Waals surface area contributed by atoms with Gasteiger partial charge in [0.2, 0.25) is 5.91 Å². The number of carbonyl (C=O) groups is 1. The summed E-state index contributed by atoms with van der Waals surface area (Å²) in [5, 5.41) is 3.05. The Hall–Kier alpha value is -1.24. The molecule has 0 radical (unpaired) electrons. The smallest absolute Gasteiger partial charge is 0.234 e. The Morgan fingerprint density at radius 3 is 2.84 bits per heavy atom. The Morgan fingerprint density at radius 1 is 1.32 bits per heavy atom. The Labute approximate surface area is 162 Å². The van der Waals surface area contributed by atoms with Gasteiger partial charge in [-0.15, -0.1) is 11.8 Å². The predicted molar refractivity (Wildman–Crippen MR) is 107 cm³/mol. The number of rotatable bonds is 7. The number of nitrogens with zero attached hydrogens (tertiary/aromatic N) is 2. The van der Waals surface area contributed by atoms with Crippen LogP contribution in [0.25, 0.3) is 0 Å². The molecular weight excluding hydrogens is 398 g/mol. The minimum atomic E-state index is 0.123. The summed E-state index contributed by atoms with van der Waals surface area (Å²) in [6, 6.07) is 12.9. The first-order valence-electron chi connectivity index (χ1n) is 8.64. The van der Waals surface area contributed by atoms with Crippen molar-refractivity contribution in [2.45, 2.75) is 23.8 Å². The average Bonchev–Trinajstić information content (AvgIpc) is 3.21. The highest BCUT2D eigenvalue weighted by atomic mass is 79.9. The second-order valence-corrected chi connectivity index (χ2v) is 8.41. The van der Waals surface area contributed by atoms with Crippen molar-refractivity contribution in [3.05, 3.63) is 52.8 Å². The molecule has 1 aliphatic heterocycles. The van der Waals surface area contributed by atoms with E-state index in [0.29, 0.717) is 19.1 Å². The van der Waals surface area contributed by atoms with Crippen molar-refractivity contribution >= 4 is 33.6 Å². The number of carbonyl (C=O) groups excluding carboxylic acids is 1. The van der Waals surface area contributed by atoms with Gasteiger partial charge in [0.15, 0.2) is 0 Å². The van der Waals surface area contributed by atoms with Crippen LogP contribution in [-0.4, -0.2) is 40.8 Å². The maximum absolute atomic E-state index is 12.3. The molecule has 1 aromatic carbocycles. The van der Waals surface area contributed by atoms with Gasteiger partial charge in [0, 0.05) is 40.6 Å². The predicted octanol–water partition coefficient (Wildman–Crippen LogP) is 3.83. The highest BCUT2D eigenvalue weighted by molar-refractivity contribution is 9.10. The largest absolute Gasteiger partial charge is 0.354 e. The second-order valence-electron chi connectivity index (χ2n) is 6.32. The van der Waals surface area contributed by atoms with Gasteiger partial charge in [-0.3, -0.25) is 9.69 Å². The van der Waals surface area contributed by atoms with Gasteiger partial charge in [-0.25, -0.2) is 0 Å². The van der Waals surface area contributed by atoms with Gasteiger partial charge in [0.1, 0.15) is 0 Å². The SMILES string of the molecule is Cn1cccc1[C@@H]1CCCN1CC(=O)NCCSc1ccc(Br)cc1. The summed E-state index contributed by atoms with van der Waals surface area (Å²) in [6.07, 6.45) is 4.36. The van der Waals surface area contributed by atoms with Gasteiger partial charge in [-0.2, -0.15) is 0 Å². The van der Waals surface area contributed by atoms with Crippen LogP contribution in [0.5, 0.6) is 0 Å². The molecule has 3 rings (SSSR count). The van der Waals surface area contributed by atoms with Gasteiger partial charge < -0.3 is 9.88 Å². The fourth-order valence-electron chi connectivity index (χ4n) is 3.30. The maximum Gasteiger partial charge on any atom is 0.234 e. The molecule has 2 heterocycles. The third-order valence-electron chi connectivity index (χ3n) is 4.54. The minimum absolute atomic E-state index is 0.123. The topological polar surface area (TPSA) is 37.3 Å². The van der Waals surface area contributed by atoms with E-state index in [1.807, 2.05) is 12.1 Å². The van der Waals surface area contributed by atoms with E-state index in [1.54, 1.807) is 11.8 Å². The fraction of sp³-hybridized carbons (Fsp3) is 0.421. The molecule has 6 heteroatoms. The third kappa shape index (κ3) is 5.12. The van der Waals surface area contributed by atoms with Gasteiger partial charge in [0.25, 0.3) is 0 Å². The number of aryl methyl sites for hydroxylation is 1. The number of halogens is 1. The van der Waals surface area contributed by atoms with Crippen LogP contribution in [-0.2, 0) is 11.8 Å². The van der Waals surface area contributed by atoms with Crippen LogP contribution in [0, 0.1) is 0 Å². The van der Waals surface area contributed by atoms with Crippen LogP contribution in [0.3, 0.4) is 0 Å². The van der Waals surface area contributed by atoms with E-state index in [9.17, 15) is 4.79 Å². The summed E-state index contributed by atoms with van der Waals surface area (Å²) < 4.78 is 3.25. The van der Waals surface area contributed by atoms with E-state index < -0.39 is 0 Å². The van der Waals surface area contributed by atoms with E-state index in [4.69, 9.17) is 0 Å². The van der Waals surface area contributed by atoms with Gasteiger partial charge in [-0.05, 0) is 55.8 Å². The zero-order valence-electron chi connectivity index (χ0n) is 14.5. The number of amides is 1. The Kier molecular flexibility index (Phi) is 6.62. The van der Waals surface area contributed by atoms with Crippen LogP contribution in [0.15, 0.2) is 52.0 Å². The van der Waals surface area contributed by atoms with Crippen LogP contribution in [0.1, 0.15) is 24.6 Å². The highest BCUT2D eigenvalue weighted by Crippen LogP contribution is 2.31. The lowest BCUT2D eigenvalue weighted by atomic mass is 10.1. The Bertz CT molecular complexity index is 701. The summed E-state index contributed by atoms with van der Waals surface area (Å²) in [5.74, 6) is 1.01. The van der Waals surface area contributed by atoms with E-state index in [2.05, 4.69) is 68.2 Å². The van der Waals surface area contributed by atoms with Crippen molar-refractivity contribution in [2.75, 3.05) is 25.4 Å². The molecular formula is C19H24BrN3OS. The molecule has 25 heavy (non-hydrogen) atoms. The van der Waals surface area contributed by atoms with E-state index in [0.717, 1.165) is 29.6 Å². The molecule has 1 saturated heterocycles. The Morgan fingerprint density at radius 2 is 2.12 bits per heavy atom. The number of thioether (sulfide) groups is 1. The van der Waals surface area contributed by atoms with Crippen molar-refractivity contribution < 1.29 is 4.79 Å². The summed E-state index contributed by atoms with van der Waals surface area (Å²) in [4.78, 5) is 15.8. The standard InChI is InChI=1S/C19H24BrN3OS/c1-22-11-2-4-17(22)18-5-3-12-23(18)14-19(24)21-10-13-25-16-8-6-15(20)7-9-16/h2,4,6-9,11,18H,3,5,10,12-14H2,1H3,(H,21,24)/t18-/m0/s1. The quantitative estimate of drug-likeness (QED) is 0.544. The molecule has 0 unspecified atom stereocenters. The lowest BCUT2D eigenvalue weighted by Gasteiger charge is -2.24. The second kappa shape index (κ2) is 8.92. The van der Waals surface area contributed by atoms with Gasteiger partial charge in [0.05, 0.1) is 12.6 Å². The number of aromatic nitrogens is 1. The summed E-state index contributed by atoms with van der Waals surface area (Å²) >= 11 is 5.20. The summed E-state index contributed by atoms with van der Waals surface area (Å²) in [7, 11) is 2.07. The van der Waals surface area contributed by atoms with Crippen molar-refractivity contribution in [3.8, 4) is 0 Å². The molecule has 0 aliphatic carbocycles. The number of nitrogens with one attached hydrogen (secondary N) is 1. The van der Waals surface area contributed by atoms with Gasteiger partial charge >= 0.3 is 0 Å². The van der Waals surface area contributed by atoms with Crippen molar-refractivity contribution in [1.82, 2.24) is 14.8 Å². The van der Waals surface area contributed by atoms with Crippen molar-refractivity contribution in [3.63, 3.8) is 0 Å². The van der Waals surface area contributed by atoms with Crippen molar-refractivity contribution in [2.24, 2.45) is 7.05 Å². The van der Waals surface area contributed by atoms with E-state index in [-0.39, 0.29) is 5.91 Å². The zero-order valence-corrected chi connectivity index (χ0v) is 16.9.